The van der Waals surface area contributed by atoms with E-state index in [1.807, 2.05) is 36.4 Å². The Labute approximate surface area is 139 Å². The maximum Gasteiger partial charge on any atom is 0.298 e. The minimum atomic E-state index is -0.133. The number of phenolic OH excluding ortho intramolecular Hbond substituents is 1. The van der Waals surface area contributed by atoms with Gasteiger partial charge in [0.05, 0.1) is 6.54 Å². The minimum Gasteiger partial charge on any atom is -0.504 e. The van der Waals surface area contributed by atoms with Gasteiger partial charge in [-0.05, 0) is 17.2 Å². The lowest BCUT2D eigenvalue weighted by atomic mass is 9.99. The number of ether oxygens (including phenoxy) is 2. The first-order valence-electron chi connectivity index (χ1n) is 7.59. The molecule has 0 bridgehead atoms. The third-order valence-corrected chi connectivity index (χ3v) is 3.69. The van der Waals surface area contributed by atoms with Crippen molar-refractivity contribution in [3.8, 4) is 17.2 Å². The molecule has 0 aliphatic carbocycles. The van der Waals surface area contributed by atoms with Crippen LogP contribution < -0.4 is 9.47 Å². The van der Waals surface area contributed by atoms with Crippen LogP contribution in [0.3, 0.4) is 0 Å². The van der Waals surface area contributed by atoms with Crippen LogP contribution in [0.25, 0.3) is 5.57 Å². The molecule has 1 heterocycles. The average molecular weight is 323 g/mol. The predicted molar refractivity (Wildman–Crippen MR) is 91.5 cm³/mol. The third kappa shape index (κ3) is 3.63. The fourth-order valence-electron chi connectivity index (χ4n) is 2.53. The Bertz CT molecular complexity index is 781. The molecule has 0 saturated heterocycles. The van der Waals surface area contributed by atoms with E-state index in [1.54, 1.807) is 12.3 Å². The number of aliphatic imine (C=N–C) groups is 1. The Morgan fingerprint density at radius 1 is 1.21 bits per heavy atom. The van der Waals surface area contributed by atoms with E-state index < -0.39 is 0 Å². The van der Waals surface area contributed by atoms with E-state index in [0.717, 1.165) is 11.1 Å². The van der Waals surface area contributed by atoms with Crippen LogP contribution in [0.4, 0.5) is 0 Å². The van der Waals surface area contributed by atoms with Gasteiger partial charge in [-0.2, -0.15) is 0 Å². The molecule has 3 rings (SSSR count). The highest BCUT2D eigenvalue weighted by Gasteiger charge is 2.17. The summed E-state index contributed by atoms with van der Waals surface area (Å²) in [7, 11) is 0. The lowest BCUT2D eigenvalue weighted by molar-refractivity contribution is -0.120. The van der Waals surface area contributed by atoms with E-state index in [-0.39, 0.29) is 11.5 Å². The van der Waals surface area contributed by atoms with Gasteiger partial charge in [0, 0.05) is 24.3 Å². The number of nitrogens with zero attached hydrogens (tertiary/aromatic N) is 1. The normalized spacial score (nSPS) is 13.2. The van der Waals surface area contributed by atoms with Crippen molar-refractivity contribution in [1.29, 1.82) is 0 Å². The van der Waals surface area contributed by atoms with Crippen LogP contribution in [0.2, 0.25) is 0 Å². The standard InChI is InChI=1S/C19H17NO4/c21-13-24-19-17(15-6-8-20-9-7-15)10-16(11-18(19)22)23-12-14-4-2-1-3-5-14/h1-6,9-11,13,22H,7-8,12H2. The molecule has 1 N–H and O–H groups in total. The number of rotatable bonds is 6. The van der Waals surface area contributed by atoms with E-state index >= 15 is 0 Å². The van der Waals surface area contributed by atoms with Gasteiger partial charge in [0.15, 0.2) is 11.5 Å². The molecule has 1 aliphatic heterocycles. The maximum atomic E-state index is 10.7. The monoisotopic (exact) mass is 323 g/mol. The van der Waals surface area contributed by atoms with E-state index in [1.165, 1.54) is 6.07 Å². The highest BCUT2D eigenvalue weighted by molar-refractivity contribution is 5.85. The number of hydrogen-bond acceptors (Lipinski definition) is 5. The third-order valence-electron chi connectivity index (χ3n) is 3.69. The Balaban J connectivity index is 1.89. The Morgan fingerprint density at radius 3 is 2.75 bits per heavy atom. The van der Waals surface area contributed by atoms with Crippen LogP contribution in [0, 0.1) is 0 Å². The number of carbonyl (C=O) groups is 1. The highest BCUT2D eigenvalue weighted by atomic mass is 16.5. The summed E-state index contributed by atoms with van der Waals surface area (Å²) < 4.78 is 10.7. The molecule has 0 fully saturated rings. The molecule has 24 heavy (non-hydrogen) atoms. The van der Waals surface area contributed by atoms with Crippen molar-refractivity contribution in [3.05, 3.63) is 59.7 Å². The number of allylic oxidation sites excluding steroid dienone is 1. The molecule has 1 aliphatic rings. The van der Waals surface area contributed by atoms with Gasteiger partial charge in [-0.3, -0.25) is 9.79 Å². The van der Waals surface area contributed by atoms with Crippen LogP contribution in [0.5, 0.6) is 17.2 Å². The molecule has 5 heteroatoms. The summed E-state index contributed by atoms with van der Waals surface area (Å²) in [4.78, 5) is 14.9. The fourth-order valence-corrected chi connectivity index (χ4v) is 2.53. The molecular formula is C19H17NO4. The van der Waals surface area contributed by atoms with Crippen LogP contribution in [0.1, 0.15) is 17.5 Å². The van der Waals surface area contributed by atoms with Crippen molar-refractivity contribution in [2.24, 2.45) is 4.99 Å². The molecule has 5 nitrogen and oxygen atoms in total. The summed E-state index contributed by atoms with van der Waals surface area (Å²) in [5, 5.41) is 10.2. The predicted octanol–water partition coefficient (Wildman–Crippen LogP) is 3.36. The van der Waals surface area contributed by atoms with Crippen LogP contribution in [-0.4, -0.2) is 24.3 Å². The summed E-state index contributed by atoms with van der Waals surface area (Å²) in [6.07, 6.45) is 4.35. The first-order valence-corrected chi connectivity index (χ1v) is 7.59. The summed E-state index contributed by atoms with van der Waals surface area (Å²) in [5.41, 5.74) is 2.59. The van der Waals surface area contributed by atoms with E-state index in [0.29, 0.717) is 37.4 Å². The molecule has 0 atom stereocenters. The quantitative estimate of drug-likeness (QED) is 0.828. The van der Waals surface area contributed by atoms with Crippen LogP contribution in [-0.2, 0) is 11.4 Å². The average Bonchev–Trinajstić information content (AvgIpc) is 2.63. The van der Waals surface area contributed by atoms with Gasteiger partial charge in [-0.15, -0.1) is 0 Å². The second kappa shape index (κ2) is 7.46. The van der Waals surface area contributed by atoms with E-state index in [9.17, 15) is 9.90 Å². The topological polar surface area (TPSA) is 68.1 Å². The first kappa shape index (κ1) is 15.8. The molecule has 0 radical (unpaired) electrons. The first-order chi connectivity index (χ1) is 11.8. The summed E-state index contributed by atoms with van der Waals surface area (Å²) in [5.74, 6) is 0.512. The van der Waals surface area contributed by atoms with Crippen molar-refractivity contribution in [2.75, 3.05) is 6.54 Å². The molecule has 0 aromatic heterocycles. The van der Waals surface area contributed by atoms with Crippen molar-refractivity contribution in [3.63, 3.8) is 0 Å². The second-order valence-electron chi connectivity index (χ2n) is 5.29. The molecule has 0 amide bonds. The van der Waals surface area contributed by atoms with Crippen LogP contribution in [0.15, 0.2) is 53.5 Å². The van der Waals surface area contributed by atoms with Crippen molar-refractivity contribution in [2.45, 2.75) is 13.0 Å². The Hall–Kier alpha value is -3.08. The smallest absolute Gasteiger partial charge is 0.298 e. The minimum absolute atomic E-state index is 0.133. The van der Waals surface area contributed by atoms with Gasteiger partial charge in [0.2, 0.25) is 0 Å². The highest BCUT2D eigenvalue weighted by Crippen LogP contribution is 2.40. The zero-order valence-corrected chi connectivity index (χ0v) is 13.0. The molecule has 122 valence electrons. The summed E-state index contributed by atoms with van der Waals surface area (Å²) in [6, 6.07) is 13.0. The maximum absolute atomic E-state index is 10.7. The summed E-state index contributed by atoms with van der Waals surface area (Å²) in [6.45, 7) is 1.25. The zero-order chi connectivity index (χ0) is 16.8. The van der Waals surface area contributed by atoms with Gasteiger partial charge < -0.3 is 14.6 Å². The van der Waals surface area contributed by atoms with Gasteiger partial charge >= 0.3 is 0 Å². The number of benzene rings is 2. The molecule has 0 unspecified atom stereocenters. The van der Waals surface area contributed by atoms with Gasteiger partial charge in [-0.1, -0.05) is 36.4 Å². The SMILES string of the molecule is O=COc1c(O)cc(OCc2ccccc2)cc1C1=CCN=CC1. The van der Waals surface area contributed by atoms with Gasteiger partial charge in [-0.25, -0.2) is 0 Å². The lowest BCUT2D eigenvalue weighted by Gasteiger charge is -2.16. The van der Waals surface area contributed by atoms with Crippen molar-refractivity contribution >= 4 is 18.3 Å². The summed E-state index contributed by atoms with van der Waals surface area (Å²) >= 11 is 0. The molecular weight excluding hydrogens is 306 g/mol. The van der Waals surface area contributed by atoms with E-state index in [4.69, 9.17) is 9.47 Å². The van der Waals surface area contributed by atoms with Gasteiger partial charge in [0.25, 0.3) is 6.47 Å². The second-order valence-corrected chi connectivity index (χ2v) is 5.29. The molecule has 2 aromatic rings. The largest absolute Gasteiger partial charge is 0.504 e. The lowest BCUT2D eigenvalue weighted by Crippen LogP contribution is -2.01. The van der Waals surface area contributed by atoms with Crippen LogP contribution >= 0.6 is 0 Å². The molecule has 2 aromatic carbocycles. The number of carbonyl (C=O) groups excluding carboxylic acids is 1. The van der Waals surface area contributed by atoms with E-state index in [2.05, 4.69) is 4.99 Å². The Morgan fingerprint density at radius 2 is 2.04 bits per heavy atom. The van der Waals surface area contributed by atoms with Crippen molar-refractivity contribution < 1.29 is 19.4 Å². The number of hydrogen-bond donors (Lipinski definition) is 1. The number of aromatic hydroxyl groups is 1. The fraction of sp³-hybridized carbons (Fsp3) is 0.158. The molecule has 0 spiro atoms. The number of phenols is 1. The van der Waals surface area contributed by atoms with Gasteiger partial charge in [0.1, 0.15) is 12.4 Å². The zero-order valence-electron chi connectivity index (χ0n) is 13.0. The Kier molecular flexibility index (Phi) is 4.91. The number of dihydropyridines is 1. The molecule has 0 saturated carbocycles. The van der Waals surface area contributed by atoms with Crippen molar-refractivity contribution in [1.82, 2.24) is 0 Å².